The van der Waals surface area contributed by atoms with Gasteiger partial charge in [-0.15, -0.1) is 0 Å². The average Bonchev–Trinajstić information content (AvgIpc) is 3.55. The second-order valence-electron chi connectivity index (χ2n) is 7.85. The van der Waals surface area contributed by atoms with E-state index in [9.17, 15) is 9.18 Å². The van der Waals surface area contributed by atoms with Crippen molar-refractivity contribution in [1.82, 2.24) is 25.0 Å². The molecule has 174 valence electrons. The lowest BCUT2D eigenvalue weighted by Gasteiger charge is -2.09. The number of benzene rings is 3. The van der Waals surface area contributed by atoms with Gasteiger partial charge in [-0.25, -0.2) is 14.2 Å². The Morgan fingerprint density at radius 2 is 1.80 bits per heavy atom. The highest BCUT2D eigenvalue weighted by Gasteiger charge is 2.13. The van der Waals surface area contributed by atoms with Gasteiger partial charge in [0.2, 0.25) is 5.82 Å². The van der Waals surface area contributed by atoms with Crippen molar-refractivity contribution >= 4 is 11.7 Å². The molecule has 9 heteroatoms. The first kappa shape index (κ1) is 22.0. The van der Waals surface area contributed by atoms with Crippen LogP contribution in [0, 0.1) is 5.82 Å². The number of aromatic nitrogens is 4. The summed E-state index contributed by atoms with van der Waals surface area (Å²) in [4.78, 5) is 20.8. The SMILES string of the molecule is O=C(NCc1ccccc1)Nc1ccc(Cn2cnc(-c3nc(-c4cccc(F)c4)no3)c2)cc1. The van der Waals surface area contributed by atoms with Crippen LogP contribution in [0.4, 0.5) is 14.9 Å². The summed E-state index contributed by atoms with van der Waals surface area (Å²) in [5.41, 5.74) is 3.80. The normalized spacial score (nSPS) is 10.8. The zero-order valence-electron chi connectivity index (χ0n) is 18.6. The third-order valence-corrected chi connectivity index (χ3v) is 5.23. The first-order valence-corrected chi connectivity index (χ1v) is 10.9. The minimum absolute atomic E-state index is 0.254. The van der Waals surface area contributed by atoms with E-state index in [1.807, 2.05) is 59.2 Å². The zero-order valence-corrected chi connectivity index (χ0v) is 18.6. The molecule has 0 bridgehead atoms. The third-order valence-electron chi connectivity index (χ3n) is 5.23. The molecule has 0 saturated heterocycles. The number of halogens is 1. The number of carbonyl (C=O) groups is 1. The predicted octanol–water partition coefficient (Wildman–Crippen LogP) is 5.11. The highest BCUT2D eigenvalue weighted by atomic mass is 19.1. The van der Waals surface area contributed by atoms with Crippen LogP contribution in [0.5, 0.6) is 0 Å². The highest BCUT2D eigenvalue weighted by molar-refractivity contribution is 5.89. The molecule has 2 amide bonds. The molecule has 0 aliphatic carbocycles. The van der Waals surface area contributed by atoms with E-state index in [1.54, 1.807) is 24.7 Å². The molecule has 5 aromatic rings. The Labute approximate surface area is 200 Å². The van der Waals surface area contributed by atoms with E-state index < -0.39 is 0 Å². The largest absolute Gasteiger partial charge is 0.334 e. The van der Waals surface area contributed by atoms with Crippen molar-refractivity contribution in [3.8, 4) is 23.0 Å². The lowest BCUT2D eigenvalue weighted by Crippen LogP contribution is -2.28. The quantitative estimate of drug-likeness (QED) is 0.346. The molecule has 0 fully saturated rings. The molecule has 8 nitrogen and oxygen atoms in total. The minimum Gasteiger partial charge on any atom is -0.334 e. The van der Waals surface area contributed by atoms with Gasteiger partial charge in [0.25, 0.3) is 5.89 Å². The van der Waals surface area contributed by atoms with Gasteiger partial charge in [-0.3, -0.25) is 0 Å². The van der Waals surface area contributed by atoms with E-state index >= 15 is 0 Å². The van der Waals surface area contributed by atoms with Crippen molar-refractivity contribution in [2.75, 3.05) is 5.32 Å². The molecular formula is C26H21FN6O2. The monoisotopic (exact) mass is 468 g/mol. The summed E-state index contributed by atoms with van der Waals surface area (Å²) >= 11 is 0. The van der Waals surface area contributed by atoms with Gasteiger partial charge in [0, 0.05) is 30.5 Å². The highest BCUT2D eigenvalue weighted by Crippen LogP contribution is 2.22. The summed E-state index contributed by atoms with van der Waals surface area (Å²) in [6, 6.07) is 23.0. The van der Waals surface area contributed by atoms with Gasteiger partial charge in [0.1, 0.15) is 11.5 Å². The van der Waals surface area contributed by atoms with Crippen molar-refractivity contribution < 1.29 is 13.7 Å². The summed E-state index contributed by atoms with van der Waals surface area (Å²) in [5.74, 6) is 0.182. The second kappa shape index (κ2) is 10.0. The van der Waals surface area contributed by atoms with E-state index in [-0.39, 0.29) is 17.7 Å². The lowest BCUT2D eigenvalue weighted by molar-refractivity contribution is 0.251. The lowest BCUT2D eigenvalue weighted by atomic mass is 10.2. The standard InChI is InChI=1S/C26H21FN6O2/c27-21-8-4-7-20(13-21)24-31-25(35-32-24)23-16-33(17-29-23)15-19-9-11-22(12-10-19)30-26(34)28-14-18-5-2-1-3-6-18/h1-13,16-17H,14-15H2,(H2,28,30,34). The number of hydrogen-bond donors (Lipinski definition) is 2. The van der Waals surface area contributed by atoms with Crippen LogP contribution in [0.1, 0.15) is 11.1 Å². The summed E-state index contributed by atoms with van der Waals surface area (Å²) in [6.45, 7) is 1.02. The smallest absolute Gasteiger partial charge is 0.319 e. The van der Waals surface area contributed by atoms with Crippen molar-refractivity contribution in [2.24, 2.45) is 0 Å². The Balaban J connectivity index is 1.17. The summed E-state index contributed by atoms with van der Waals surface area (Å²) in [7, 11) is 0. The van der Waals surface area contributed by atoms with Gasteiger partial charge in [-0.1, -0.05) is 59.8 Å². The summed E-state index contributed by atoms with van der Waals surface area (Å²) < 4.78 is 20.6. The maximum absolute atomic E-state index is 13.5. The number of urea groups is 1. The number of anilines is 1. The van der Waals surface area contributed by atoms with Crippen LogP contribution < -0.4 is 10.6 Å². The topological polar surface area (TPSA) is 97.9 Å². The fourth-order valence-corrected chi connectivity index (χ4v) is 3.49. The Morgan fingerprint density at radius 3 is 2.60 bits per heavy atom. The van der Waals surface area contributed by atoms with Gasteiger partial charge in [0.05, 0.1) is 6.33 Å². The van der Waals surface area contributed by atoms with Crippen molar-refractivity contribution in [2.45, 2.75) is 13.1 Å². The van der Waals surface area contributed by atoms with Crippen molar-refractivity contribution in [3.63, 3.8) is 0 Å². The van der Waals surface area contributed by atoms with Crippen LogP contribution >= 0.6 is 0 Å². The van der Waals surface area contributed by atoms with Crippen LogP contribution in [-0.2, 0) is 13.1 Å². The van der Waals surface area contributed by atoms with Crippen LogP contribution in [0.25, 0.3) is 23.0 Å². The number of imidazole rings is 1. The predicted molar refractivity (Wildman–Crippen MR) is 129 cm³/mol. The number of carbonyl (C=O) groups excluding carboxylic acids is 1. The molecule has 2 N–H and O–H groups in total. The summed E-state index contributed by atoms with van der Waals surface area (Å²) in [6.07, 6.45) is 3.47. The zero-order chi connectivity index (χ0) is 24.0. The molecule has 0 unspecified atom stereocenters. The number of hydrogen-bond acceptors (Lipinski definition) is 5. The van der Waals surface area contributed by atoms with E-state index in [0.29, 0.717) is 35.9 Å². The first-order valence-electron chi connectivity index (χ1n) is 10.9. The molecule has 0 spiro atoms. The molecule has 0 aliphatic rings. The molecule has 0 saturated carbocycles. The molecule has 2 heterocycles. The molecular weight excluding hydrogens is 447 g/mol. The fraction of sp³-hybridized carbons (Fsp3) is 0.0769. The van der Waals surface area contributed by atoms with Crippen molar-refractivity contribution in [1.29, 1.82) is 0 Å². The van der Waals surface area contributed by atoms with Gasteiger partial charge in [-0.05, 0) is 35.4 Å². The number of amides is 2. The van der Waals surface area contributed by atoms with Crippen molar-refractivity contribution in [3.05, 3.63) is 108 Å². The Morgan fingerprint density at radius 1 is 0.971 bits per heavy atom. The van der Waals surface area contributed by atoms with Crippen LogP contribution in [-0.4, -0.2) is 25.7 Å². The van der Waals surface area contributed by atoms with E-state index in [2.05, 4.69) is 25.8 Å². The number of nitrogens with one attached hydrogen (secondary N) is 2. The molecule has 35 heavy (non-hydrogen) atoms. The number of nitrogens with zero attached hydrogens (tertiary/aromatic N) is 4. The maximum Gasteiger partial charge on any atom is 0.319 e. The molecule has 0 atom stereocenters. The Bertz CT molecular complexity index is 1430. The van der Waals surface area contributed by atoms with E-state index in [0.717, 1.165) is 11.1 Å². The van der Waals surface area contributed by atoms with Crippen LogP contribution in [0.2, 0.25) is 0 Å². The van der Waals surface area contributed by atoms with E-state index in [4.69, 9.17) is 4.52 Å². The Kier molecular flexibility index (Phi) is 6.29. The second-order valence-corrected chi connectivity index (χ2v) is 7.85. The number of rotatable bonds is 7. The maximum atomic E-state index is 13.5. The molecule has 0 aliphatic heterocycles. The fourth-order valence-electron chi connectivity index (χ4n) is 3.49. The molecule has 2 aromatic heterocycles. The van der Waals surface area contributed by atoms with Gasteiger partial charge >= 0.3 is 6.03 Å². The van der Waals surface area contributed by atoms with Crippen LogP contribution in [0.3, 0.4) is 0 Å². The minimum atomic E-state index is -0.368. The third kappa shape index (κ3) is 5.59. The summed E-state index contributed by atoms with van der Waals surface area (Å²) in [5, 5.41) is 9.58. The molecule has 0 radical (unpaired) electrons. The van der Waals surface area contributed by atoms with Gasteiger partial charge in [0.15, 0.2) is 0 Å². The van der Waals surface area contributed by atoms with Gasteiger partial charge in [-0.2, -0.15) is 4.98 Å². The molecule has 3 aromatic carbocycles. The van der Waals surface area contributed by atoms with Crippen LogP contribution in [0.15, 0.2) is 95.9 Å². The first-order chi connectivity index (χ1) is 17.1. The average molecular weight is 468 g/mol. The Hall–Kier alpha value is -4.79. The van der Waals surface area contributed by atoms with Gasteiger partial charge < -0.3 is 19.7 Å². The van der Waals surface area contributed by atoms with E-state index in [1.165, 1.54) is 12.1 Å². The molecule has 5 rings (SSSR count).